The highest BCUT2D eigenvalue weighted by Gasteiger charge is 2.18. The highest BCUT2D eigenvalue weighted by Crippen LogP contribution is 2.17. The van der Waals surface area contributed by atoms with Gasteiger partial charge in [-0.1, -0.05) is 79.2 Å². The van der Waals surface area contributed by atoms with E-state index in [1.807, 2.05) is 53.4 Å². The number of rotatable bonds is 9. The minimum absolute atomic E-state index is 0.0507. The lowest BCUT2D eigenvalue weighted by atomic mass is 10.0. The molecule has 0 spiro atoms. The predicted octanol–water partition coefficient (Wildman–Crippen LogP) is 4.50. The van der Waals surface area contributed by atoms with Gasteiger partial charge in [-0.3, -0.25) is 14.5 Å². The number of amides is 1. The molecule has 0 radical (unpaired) electrons. The Morgan fingerprint density at radius 3 is 2.41 bits per heavy atom. The van der Waals surface area contributed by atoms with Gasteiger partial charge >= 0.3 is 0 Å². The van der Waals surface area contributed by atoms with Crippen molar-refractivity contribution in [3.8, 4) is 0 Å². The van der Waals surface area contributed by atoms with Crippen LogP contribution < -0.4 is 10.9 Å². The lowest BCUT2D eigenvalue weighted by Crippen LogP contribution is -2.38. The third-order valence-corrected chi connectivity index (χ3v) is 5.87. The first-order valence-corrected chi connectivity index (χ1v) is 11.6. The molecule has 0 bridgehead atoms. The fraction of sp³-hybridized carbons (Fsp3) is 0.250. The molecule has 0 aliphatic rings. The van der Waals surface area contributed by atoms with Crippen LogP contribution in [-0.2, 0) is 17.9 Å². The van der Waals surface area contributed by atoms with Gasteiger partial charge in [-0.2, -0.15) is 0 Å². The zero-order valence-corrected chi connectivity index (χ0v) is 19.6. The van der Waals surface area contributed by atoms with Crippen LogP contribution in [0.3, 0.4) is 0 Å². The van der Waals surface area contributed by atoms with Crippen molar-refractivity contribution in [2.45, 2.75) is 39.4 Å². The Morgan fingerprint density at radius 2 is 1.68 bits per heavy atom. The van der Waals surface area contributed by atoms with Crippen LogP contribution in [0.4, 0.5) is 0 Å². The van der Waals surface area contributed by atoms with Gasteiger partial charge in [-0.25, -0.2) is 4.98 Å². The predicted molar refractivity (Wildman–Crippen MR) is 135 cm³/mol. The van der Waals surface area contributed by atoms with Crippen molar-refractivity contribution in [2.75, 3.05) is 6.54 Å². The van der Waals surface area contributed by atoms with Gasteiger partial charge in [-0.05, 0) is 36.6 Å². The Labute approximate surface area is 199 Å². The van der Waals surface area contributed by atoms with E-state index < -0.39 is 0 Å². The Balaban J connectivity index is 1.53. The normalized spacial score (nSPS) is 12.1. The summed E-state index contributed by atoms with van der Waals surface area (Å²) in [6.45, 7) is 5.22. The average molecular weight is 455 g/mol. The summed E-state index contributed by atoms with van der Waals surface area (Å²) in [5.41, 5.74) is 3.85. The smallest absolute Gasteiger partial charge is 0.258 e. The maximum atomic E-state index is 13.1. The topological polar surface area (TPSA) is 78.1 Å². The number of hydrogen-bond donors (Lipinski definition) is 2. The van der Waals surface area contributed by atoms with Gasteiger partial charge < -0.3 is 10.3 Å². The van der Waals surface area contributed by atoms with E-state index in [4.69, 9.17) is 0 Å². The standard InChI is InChI=1S/C28H30N4O2/c1-3-24(22-15-13-20(2)14-16-22)30-27(33)19-32(17-21-9-5-4-6-10-21)18-26-29-25-12-8-7-11-23(25)28(34)31-26/h4-16,24H,3,17-19H2,1-2H3,(H,30,33)(H,29,31,34)/t24-/m0/s1. The number of para-hydroxylation sites is 1. The Bertz CT molecular complexity index is 1300. The number of aryl methyl sites for hydroxylation is 1. The summed E-state index contributed by atoms with van der Waals surface area (Å²) in [6, 6.07) is 25.5. The molecule has 174 valence electrons. The molecular weight excluding hydrogens is 424 g/mol. The minimum atomic E-state index is -0.171. The van der Waals surface area contributed by atoms with Crippen LogP contribution in [0.5, 0.6) is 0 Å². The number of benzene rings is 3. The van der Waals surface area contributed by atoms with E-state index in [2.05, 4.69) is 53.4 Å². The molecule has 3 aromatic carbocycles. The fourth-order valence-corrected chi connectivity index (χ4v) is 4.09. The van der Waals surface area contributed by atoms with Crippen molar-refractivity contribution in [3.05, 3.63) is 112 Å². The van der Waals surface area contributed by atoms with Crippen LogP contribution in [-0.4, -0.2) is 27.3 Å². The fourth-order valence-electron chi connectivity index (χ4n) is 4.09. The van der Waals surface area contributed by atoms with Gasteiger partial charge in [0.15, 0.2) is 0 Å². The van der Waals surface area contributed by atoms with Crippen LogP contribution in [0.2, 0.25) is 0 Å². The monoisotopic (exact) mass is 454 g/mol. The van der Waals surface area contributed by atoms with Crippen LogP contribution in [0.1, 0.15) is 41.9 Å². The zero-order valence-electron chi connectivity index (χ0n) is 19.6. The molecule has 1 atom stereocenters. The summed E-state index contributed by atoms with van der Waals surface area (Å²) >= 11 is 0. The number of nitrogens with one attached hydrogen (secondary N) is 2. The van der Waals surface area contributed by atoms with Crippen LogP contribution in [0.15, 0.2) is 83.7 Å². The molecule has 6 nitrogen and oxygen atoms in total. The number of aromatic amines is 1. The molecule has 2 N–H and O–H groups in total. The summed E-state index contributed by atoms with van der Waals surface area (Å²) in [5, 5.41) is 3.73. The zero-order chi connectivity index (χ0) is 23.9. The number of carbonyl (C=O) groups excluding carboxylic acids is 1. The highest BCUT2D eigenvalue weighted by atomic mass is 16.2. The van der Waals surface area contributed by atoms with E-state index in [1.165, 1.54) is 5.56 Å². The van der Waals surface area contributed by atoms with Crippen LogP contribution >= 0.6 is 0 Å². The van der Waals surface area contributed by atoms with Crippen molar-refractivity contribution in [3.63, 3.8) is 0 Å². The molecule has 1 heterocycles. The molecular formula is C28H30N4O2. The lowest BCUT2D eigenvalue weighted by Gasteiger charge is -2.24. The second-order valence-electron chi connectivity index (χ2n) is 8.60. The minimum Gasteiger partial charge on any atom is -0.348 e. The van der Waals surface area contributed by atoms with Crippen molar-refractivity contribution < 1.29 is 4.79 Å². The molecule has 4 aromatic rings. The molecule has 0 unspecified atom stereocenters. The SMILES string of the molecule is CC[C@H](NC(=O)CN(Cc1ccccc1)Cc1nc2ccccc2c(=O)[nH]1)c1ccc(C)cc1. The van der Waals surface area contributed by atoms with E-state index in [1.54, 1.807) is 6.07 Å². The van der Waals surface area contributed by atoms with Crippen molar-refractivity contribution in [1.82, 2.24) is 20.2 Å². The number of nitrogens with zero attached hydrogens (tertiary/aromatic N) is 2. The summed E-state index contributed by atoms with van der Waals surface area (Å²) in [5.74, 6) is 0.476. The van der Waals surface area contributed by atoms with Crippen LogP contribution in [0, 0.1) is 6.92 Å². The van der Waals surface area contributed by atoms with Crippen LogP contribution in [0.25, 0.3) is 10.9 Å². The van der Waals surface area contributed by atoms with Crippen molar-refractivity contribution in [2.24, 2.45) is 0 Å². The highest BCUT2D eigenvalue weighted by molar-refractivity contribution is 5.79. The Hall–Kier alpha value is -3.77. The first-order chi connectivity index (χ1) is 16.5. The van der Waals surface area contributed by atoms with Gasteiger partial charge in [0.25, 0.3) is 5.56 Å². The Morgan fingerprint density at radius 1 is 0.971 bits per heavy atom. The van der Waals surface area contributed by atoms with Gasteiger partial charge in [0.2, 0.25) is 5.91 Å². The number of aromatic nitrogens is 2. The molecule has 1 aromatic heterocycles. The molecule has 0 saturated carbocycles. The molecule has 1 amide bonds. The summed E-state index contributed by atoms with van der Waals surface area (Å²) in [7, 11) is 0. The van der Waals surface area contributed by atoms with E-state index >= 15 is 0 Å². The lowest BCUT2D eigenvalue weighted by molar-refractivity contribution is -0.123. The summed E-state index contributed by atoms with van der Waals surface area (Å²) < 4.78 is 0. The molecule has 0 fully saturated rings. The largest absolute Gasteiger partial charge is 0.348 e. The van der Waals surface area contributed by atoms with E-state index in [-0.39, 0.29) is 24.1 Å². The maximum Gasteiger partial charge on any atom is 0.258 e. The van der Waals surface area contributed by atoms with Gasteiger partial charge in [-0.15, -0.1) is 0 Å². The van der Waals surface area contributed by atoms with E-state index in [0.717, 1.165) is 17.5 Å². The quantitative estimate of drug-likeness (QED) is 0.390. The first-order valence-electron chi connectivity index (χ1n) is 11.6. The number of carbonyl (C=O) groups is 1. The van der Waals surface area contributed by atoms with E-state index in [9.17, 15) is 9.59 Å². The molecule has 6 heteroatoms. The summed E-state index contributed by atoms with van der Waals surface area (Å²) in [4.78, 5) is 35.1. The molecule has 34 heavy (non-hydrogen) atoms. The van der Waals surface area contributed by atoms with Gasteiger partial charge in [0.05, 0.1) is 30.0 Å². The van der Waals surface area contributed by atoms with Gasteiger partial charge in [0, 0.05) is 6.54 Å². The number of H-pyrrole nitrogens is 1. The molecule has 0 aliphatic heterocycles. The second-order valence-corrected chi connectivity index (χ2v) is 8.60. The third kappa shape index (κ3) is 5.97. The number of fused-ring (bicyclic) bond motifs is 1. The second kappa shape index (κ2) is 10.9. The molecule has 4 rings (SSSR count). The van der Waals surface area contributed by atoms with Crippen molar-refractivity contribution >= 4 is 16.8 Å². The molecule has 0 aliphatic carbocycles. The van der Waals surface area contributed by atoms with Crippen molar-refractivity contribution in [1.29, 1.82) is 0 Å². The first kappa shape index (κ1) is 23.4. The number of hydrogen-bond acceptors (Lipinski definition) is 4. The third-order valence-electron chi connectivity index (χ3n) is 5.87. The average Bonchev–Trinajstić information content (AvgIpc) is 2.84. The van der Waals surface area contributed by atoms with Gasteiger partial charge in [0.1, 0.15) is 5.82 Å². The molecule has 0 saturated heterocycles. The van der Waals surface area contributed by atoms with E-state index in [0.29, 0.717) is 29.8 Å². The Kier molecular flexibility index (Phi) is 7.50. The summed E-state index contributed by atoms with van der Waals surface area (Å²) in [6.07, 6.45) is 0.799. The maximum absolute atomic E-state index is 13.1.